The maximum absolute atomic E-state index is 12.2. The van der Waals surface area contributed by atoms with Crippen molar-refractivity contribution < 1.29 is 4.79 Å². The standard InChI is InChI=1S/C16H17ClN2O/c1-10(2)11-4-3-5-13(8-11)19-16(20)14-7-6-12(18)9-15(14)17/h3-10H,18H2,1-2H3,(H,19,20). The van der Waals surface area contributed by atoms with Gasteiger partial charge >= 0.3 is 0 Å². The zero-order valence-corrected chi connectivity index (χ0v) is 12.2. The lowest BCUT2D eigenvalue weighted by atomic mass is 10.0. The Kier molecular flexibility index (Phi) is 4.30. The Balaban J connectivity index is 2.21. The second kappa shape index (κ2) is 5.97. The number of hydrogen-bond acceptors (Lipinski definition) is 2. The summed E-state index contributed by atoms with van der Waals surface area (Å²) < 4.78 is 0. The fourth-order valence-electron chi connectivity index (χ4n) is 1.89. The van der Waals surface area contributed by atoms with Gasteiger partial charge in [0.2, 0.25) is 0 Å². The maximum Gasteiger partial charge on any atom is 0.257 e. The summed E-state index contributed by atoms with van der Waals surface area (Å²) in [6, 6.07) is 12.6. The zero-order valence-electron chi connectivity index (χ0n) is 11.5. The van der Waals surface area contributed by atoms with Crippen molar-refractivity contribution in [2.45, 2.75) is 19.8 Å². The smallest absolute Gasteiger partial charge is 0.257 e. The lowest BCUT2D eigenvalue weighted by Gasteiger charge is -2.10. The number of rotatable bonds is 3. The van der Waals surface area contributed by atoms with E-state index in [0.29, 0.717) is 22.2 Å². The predicted molar refractivity (Wildman–Crippen MR) is 84.3 cm³/mol. The SMILES string of the molecule is CC(C)c1cccc(NC(=O)c2ccc(N)cc2Cl)c1. The molecule has 104 valence electrons. The second-order valence-corrected chi connectivity index (χ2v) is 5.38. The minimum atomic E-state index is -0.240. The van der Waals surface area contributed by atoms with Gasteiger partial charge in [-0.05, 0) is 41.8 Å². The minimum absolute atomic E-state index is 0.240. The van der Waals surface area contributed by atoms with Gasteiger partial charge in [0.25, 0.3) is 5.91 Å². The molecule has 0 bridgehead atoms. The van der Waals surface area contributed by atoms with Crippen LogP contribution in [0.1, 0.15) is 35.7 Å². The molecule has 2 aromatic carbocycles. The Morgan fingerprint density at radius 1 is 1.20 bits per heavy atom. The van der Waals surface area contributed by atoms with E-state index in [4.69, 9.17) is 17.3 Å². The molecule has 0 atom stereocenters. The summed E-state index contributed by atoms with van der Waals surface area (Å²) in [5.74, 6) is 0.169. The van der Waals surface area contributed by atoms with E-state index in [-0.39, 0.29) is 5.91 Å². The van der Waals surface area contributed by atoms with E-state index in [1.165, 1.54) is 5.56 Å². The van der Waals surface area contributed by atoms with Crippen LogP contribution in [0.25, 0.3) is 0 Å². The molecule has 4 heteroatoms. The normalized spacial score (nSPS) is 10.6. The number of carbonyl (C=O) groups is 1. The van der Waals surface area contributed by atoms with Gasteiger partial charge in [0.15, 0.2) is 0 Å². The largest absolute Gasteiger partial charge is 0.399 e. The lowest BCUT2D eigenvalue weighted by molar-refractivity contribution is 0.102. The highest BCUT2D eigenvalue weighted by atomic mass is 35.5. The van der Waals surface area contributed by atoms with Gasteiger partial charge in [-0.2, -0.15) is 0 Å². The Morgan fingerprint density at radius 3 is 2.60 bits per heavy atom. The Labute approximate surface area is 123 Å². The first-order valence-electron chi connectivity index (χ1n) is 6.43. The molecule has 0 spiro atoms. The molecule has 0 aliphatic carbocycles. The number of benzene rings is 2. The highest BCUT2D eigenvalue weighted by Gasteiger charge is 2.11. The van der Waals surface area contributed by atoms with Crippen LogP contribution in [0, 0.1) is 0 Å². The maximum atomic E-state index is 12.2. The molecule has 0 saturated heterocycles. The summed E-state index contributed by atoms with van der Waals surface area (Å²) >= 11 is 6.03. The van der Waals surface area contributed by atoms with Gasteiger partial charge < -0.3 is 11.1 Å². The molecule has 0 radical (unpaired) electrons. The Hall–Kier alpha value is -2.00. The van der Waals surface area contributed by atoms with Crippen molar-refractivity contribution >= 4 is 28.9 Å². The average Bonchev–Trinajstić information content (AvgIpc) is 2.38. The molecule has 2 aromatic rings. The van der Waals surface area contributed by atoms with Crippen LogP contribution in [0.15, 0.2) is 42.5 Å². The molecule has 20 heavy (non-hydrogen) atoms. The topological polar surface area (TPSA) is 55.1 Å². The number of hydrogen-bond donors (Lipinski definition) is 2. The molecule has 0 aliphatic rings. The van der Waals surface area contributed by atoms with Crippen molar-refractivity contribution in [2.24, 2.45) is 0 Å². The number of nitrogens with two attached hydrogens (primary N) is 1. The van der Waals surface area contributed by atoms with E-state index in [2.05, 4.69) is 19.2 Å². The third-order valence-corrected chi connectivity index (χ3v) is 3.36. The molecular formula is C16H17ClN2O. The van der Waals surface area contributed by atoms with Crippen molar-refractivity contribution in [3.63, 3.8) is 0 Å². The first-order chi connectivity index (χ1) is 9.47. The molecule has 0 saturated carbocycles. The third kappa shape index (κ3) is 3.31. The summed E-state index contributed by atoms with van der Waals surface area (Å²) in [5, 5.41) is 3.20. The molecule has 2 rings (SSSR count). The fourth-order valence-corrected chi connectivity index (χ4v) is 2.16. The Morgan fingerprint density at radius 2 is 1.95 bits per heavy atom. The van der Waals surface area contributed by atoms with E-state index in [0.717, 1.165) is 5.69 Å². The van der Waals surface area contributed by atoms with Crippen LogP contribution in [-0.2, 0) is 0 Å². The van der Waals surface area contributed by atoms with Crippen LogP contribution >= 0.6 is 11.6 Å². The van der Waals surface area contributed by atoms with Crippen molar-refractivity contribution in [2.75, 3.05) is 11.1 Å². The number of amides is 1. The van der Waals surface area contributed by atoms with Gasteiger partial charge in [0.1, 0.15) is 0 Å². The molecule has 0 aromatic heterocycles. The summed E-state index contributed by atoms with van der Waals surface area (Å²) in [4.78, 5) is 12.2. The van der Waals surface area contributed by atoms with E-state index >= 15 is 0 Å². The first-order valence-corrected chi connectivity index (χ1v) is 6.81. The minimum Gasteiger partial charge on any atom is -0.399 e. The number of carbonyl (C=O) groups excluding carboxylic acids is 1. The monoisotopic (exact) mass is 288 g/mol. The van der Waals surface area contributed by atoms with Crippen LogP contribution in [0.2, 0.25) is 5.02 Å². The number of nitrogens with one attached hydrogen (secondary N) is 1. The fraction of sp³-hybridized carbons (Fsp3) is 0.188. The number of anilines is 2. The van der Waals surface area contributed by atoms with Crippen LogP contribution in [-0.4, -0.2) is 5.91 Å². The van der Waals surface area contributed by atoms with E-state index in [9.17, 15) is 4.79 Å². The van der Waals surface area contributed by atoms with Gasteiger partial charge in [0.05, 0.1) is 10.6 Å². The molecular weight excluding hydrogens is 272 g/mol. The second-order valence-electron chi connectivity index (χ2n) is 4.97. The highest BCUT2D eigenvalue weighted by Crippen LogP contribution is 2.22. The quantitative estimate of drug-likeness (QED) is 0.828. The highest BCUT2D eigenvalue weighted by molar-refractivity contribution is 6.34. The van der Waals surface area contributed by atoms with Crippen molar-refractivity contribution in [1.29, 1.82) is 0 Å². The summed E-state index contributed by atoms with van der Waals surface area (Å²) in [6.07, 6.45) is 0. The molecule has 0 aliphatic heterocycles. The van der Waals surface area contributed by atoms with Crippen LogP contribution in [0.3, 0.4) is 0 Å². The lowest BCUT2D eigenvalue weighted by Crippen LogP contribution is -2.12. The molecule has 3 N–H and O–H groups in total. The molecule has 1 amide bonds. The first kappa shape index (κ1) is 14.4. The number of halogens is 1. The van der Waals surface area contributed by atoms with E-state index in [1.54, 1.807) is 18.2 Å². The van der Waals surface area contributed by atoms with Gasteiger partial charge in [0, 0.05) is 11.4 Å². The van der Waals surface area contributed by atoms with E-state index < -0.39 is 0 Å². The van der Waals surface area contributed by atoms with Crippen LogP contribution in [0.4, 0.5) is 11.4 Å². The molecule has 0 unspecified atom stereocenters. The predicted octanol–water partition coefficient (Wildman–Crippen LogP) is 4.30. The van der Waals surface area contributed by atoms with Crippen LogP contribution in [0.5, 0.6) is 0 Å². The van der Waals surface area contributed by atoms with Gasteiger partial charge in [-0.1, -0.05) is 37.6 Å². The van der Waals surface area contributed by atoms with Gasteiger partial charge in [-0.25, -0.2) is 0 Å². The van der Waals surface area contributed by atoms with Gasteiger partial charge in [-0.3, -0.25) is 4.79 Å². The molecule has 0 fully saturated rings. The van der Waals surface area contributed by atoms with Crippen molar-refractivity contribution in [3.05, 3.63) is 58.6 Å². The summed E-state index contributed by atoms with van der Waals surface area (Å²) in [5.41, 5.74) is 8.50. The van der Waals surface area contributed by atoms with Crippen molar-refractivity contribution in [1.82, 2.24) is 0 Å². The Bertz CT molecular complexity index is 638. The van der Waals surface area contributed by atoms with Crippen LogP contribution < -0.4 is 11.1 Å². The van der Waals surface area contributed by atoms with Crippen molar-refractivity contribution in [3.8, 4) is 0 Å². The third-order valence-electron chi connectivity index (χ3n) is 3.05. The summed E-state index contributed by atoms with van der Waals surface area (Å²) in [7, 11) is 0. The zero-order chi connectivity index (χ0) is 14.7. The molecule has 0 heterocycles. The van der Waals surface area contributed by atoms with E-state index in [1.807, 2.05) is 24.3 Å². The number of nitrogen functional groups attached to an aromatic ring is 1. The molecule has 3 nitrogen and oxygen atoms in total. The average molecular weight is 289 g/mol. The summed E-state index contributed by atoms with van der Waals surface area (Å²) in [6.45, 7) is 4.22. The van der Waals surface area contributed by atoms with Gasteiger partial charge in [-0.15, -0.1) is 0 Å².